The van der Waals surface area contributed by atoms with E-state index in [0.717, 1.165) is 38.6 Å². The average molecular weight is 349 g/mol. The fourth-order valence-corrected chi connectivity index (χ4v) is 4.32. The van der Waals surface area contributed by atoms with Crippen LogP contribution in [0.25, 0.3) is 0 Å². The highest BCUT2D eigenvalue weighted by Crippen LogP contribution is 2.51. The maximum atomic E-state index is 12.9. The lowest BCUT2D eigenvalue weighted by atomic mass is 10.1. The van der Waals surface area contributed by atoms with Crippen molar-refractivity contribution in [3.05, 3.63) is 0 Å². The van der Waals surface area contributed by atoms with E-state index in [1.54, 1.807) is 4.67 Å². The Morgan fingerprint density at radius 3 is 2.35 bits per heavy atom. The highest BCUT2D eigenvalue weighted by atomic mass is 31.2. The van der Waals surface area contributed by atoms with Gasteiger partial charge in [-0.1, -0.05) is 19.3 Å². The quantitative estimate of drug-likeness (QED) is 0.740. The first kappa shape index (κ1) is 20.6. The molecule has 1 aliphatic rings. The van der Waals surface area contributed by atoms with Gasteiger partial charge in [0.25, 0.3) is 0 Å². The van der Waals surface area contributed by atoms with E-state index in [2.05, 4.69) is 10.6 Å². The smallest absolute Gasteiger partial charge is 0.355 e. The molecule has 0 bridgehead atoms. The van der Waals surface area contributed by atoms with Gasteiger partial charge in [0.05, 0.1) is 19.8 Å². The second kappa shape index (κ2) is 12.0. The van der Waals surface area contributed by atoms with Crippen LogP contribution >= 0.6 is 7.75 Å². The Balaban J connectivity index is 2.65. The summed E-state index contributed by atoms with van der Waals surface area (Å²) in [6, 6.07) is 0. The SMILES string of the molecule is CCOP(=O)(OCC)N1CCCCCCCNC(=O)CNCC1. The molecule has 1 heterocycles. The molecule has 0 radical (unpaired) electrons. The van der Waals surface area contributed by atoms with Crippen molar-refractivity contribution in [3.63, 3.8) is 0 Å². The molecule has 0 aromatic carbocycles. The topological polar surface area (TPSA) is 79.9 Å². The van der Waals surface area contributed by atoms with Gasteiger partial charge in [-0.25, -0.2) is 9.24 Å². The van der Waals surface area contributed by atoms with Crippen LogP contribution in [0, 0.1) is 0 Å². The maximum Gasteiger partial charge on any atom is 0.408 e. The number of nitrogens with zero attached hydrogens (tertiary/aromatic N) is 1. The van der Waals surface area contributed by atoms with Crippen molar-refractivity contribution in [1.82, 2.24) is 15.3 Å². The Morgan fingerprint density at radius 1 is 1.00 bits per heavy atom. The van der Waals surface area contributed by atoms with Crippen LogP contribution in [-0.2, 0) is 18.4 Å². The zero-order valence-electron chi connectivity index (χ0n) is 14.5. The Bertz CT molecular complexity index is 372. The number of nitrogens with one attached hydrogen (secondary N) is 2. The zero-order chi connectivity index (χ0) is 17.0. The minimum absolute atomic E-state index is 0.00593. The molecule has 0 atom stereocenters. The van der Waals surface area contributed by atoms with E-state index in [1.807, 2.05) is 13.8 Å². The van der Waals surface area contributed by atoms with Crippen LogP contribution in [0.2, 0.25) is 0 Å². The van der Waals surface area contributed by atoms with Gasteiger partial charge < -0.3 is 10.6 Å². The predicted octanol–water partition coefficient (Wildman–Crippen LogP) is 2.14. The highest BCUT2D eigenvalue weighted by Gasteiger charge is 2.32. The van der Waals surface area contributed by atoms with Crippen LogP contribution < -0.4 is 10.6 Å². The summed E-state index contributed by atoms with van der Waals surface area (Å²) in [5.74, 6) is 0.00593. The molecule has 0 aromatic heterocycles. The normalized spacial score (nSPS) is 20.7. The standard InChI is InChI=1S/C15H32N3O4P/c1-3-21-23(20,22-4-2)18-12-9-7-5-6-8-10-17-15(19)14-16-11-13-18/h16H,3-14H2,1-2H3,(H,17,19). The molecule has 0 unspecified atom stereocenters. The summed E-state index contributed by atoms with van der Waals surface area (Å²) in [6.45, 7) is 7.15. The summed E-state index contributed by atoms with van der Waals surface area (Å²) < 4.78 is 25.7. The van der Waals surface area contributed by atoms with Crippen LogP contribution in [0.1, 0.15) is 46.0 Å². The van der Waals surface area contributed by atoms with Crippen LogP contribution in [0.5, 0.6) is 0 Å². The number of hydrogen-bond acceptors (Lipinski definition) is 5. The Kier molecular flexibility index (Phi) is 10.7. The summed E-state index contributed by atoms with van der Waals surface area (Å²) in [6.07, 6.45) is 5.27. The van der Waals surface area contributed by atoms with Gasteiger partial charge >= 0.3 is 7.75 Å². The van der Waals surface area contributed by atoms with Crippen molar-refractivity contribution in [2.24, 2.45) is 0 Å². The van der Waals surface area contributed by atoms with Gasteiger partial charge in [0.15, 0.2) is 0 Å². The lowest BCUT2D eigenvalue weighted by Gasteiger charge is -2.29. The molecule has 1 fully saturated rings. The molecule has 2 N–H and O–H groups in total. The number of amides is 1. The zero-order valence-corrected chi connectivity index (χ0v) is 15.4. The van der Waals surface area contributed by atoms with Gasteiger partial charge in [-0.15, -0.1) is 0 Å². The molecule has 1 rings (SSSR count). The molecule has 8 heteroatoms. The van der Waals surface area contributed by atoms with Crippen molar-refractivity contribution in [3.8, 4) is 0 Å². The van der Waals surface area contributed by atoms with E-state index in [4.69, 9.17) is 9.05 Å². The lowest BCUT2D eigenvalue weighted by molar-refractivity contribution is -0.120. The first-order chi connectivity index (χ1) is 11.1. The van der Waals surface area contributed by atoms with Gasteiger partial charge in [-0.05, 0) is 26.7 Å². The molecular formula is C15H32N3O4P. The van der Waals surface area contributed by atoms with E-state index >= 15 is 0 Å². The predicted molar refractivity (Wildman–Crippen MR) is 91.4 cm³/mol. The Labute approximate surface area is 140 Å². The monoisotopic (exact) mass is 349 g/mol. The first-order valence-electron chi connectivity index (χ1n) is 8.74. The van der Waals surface area contributed by atoms with Crippen LogP contribution in [0.4, 0.5) is 0 Å². The largest absolute Gasteiger partial charge is 0.408 e. The summed E-state index contributed by atoms with van der Waals surface area (Å²) in [5, 5.41) is 5.99. The van der Waals surface area contributed by atoms with E-state index < -0.39 is 7.75 Å². The van der Waals surface area contributed by atoms with Gasteiger partial charge in [0.2, 0.25) is 5.91 Å². The summed E-state index contributed by atoms with van der Waals surface area (Å²) in [4.78, 5) is 11.6. The van der Waals surface area contributed by atoms with Gasteiger partial charge in [-0.2, -0.15) is 0 Å². The van der Waals surface area contributed by atoms with Gasteiger partial charge in [0.1, 0.15) is 0 Å². The van der Waals surface area contributed by atoms with Crippen molar-refractivity contribution >= 4 is 13.7 Å². The van der Waals surface area contributed by atoms with Gasteiger partial charge in [-0.3, -0.25) is 13.8 Å². The third-order valence-corrected chi connectivity index (χ3v) is 5.94. The van der Waals surface area contributed by atoms with Crippen LogP contribution in [-0.4, -0.2) is 56.5 Å². The van der Waals surface area contributed by atoms with Gasteiger partial charge in [0, 0.05) is 26.2 Å². The second-order valence-electron chi connectivity index (χ2n) is 5.55. The van der Waals surface area contributed by atoms with E-state index in [1.165, 1.54) is 0 Å². The van der Waals surface area contributed by atoms with Crippen molar-refractivity contribution in [1.29, 1.82) is 0 Å². The molecule has 1 amide bonds. The number of carbonyl (C=O) groups excluding carboxylic acids is 1. The summed E-state index contributed by atoms with van der Waals surface area (Å²) in [5.41, 5.74) is 0. The molecule has 1 saturated heterocycles. The van der Waals surface area contributed by atoms with Crippen molar-refractivity contribution in [2.45, 2.75) is 46.0 Å². The van der Waals surface area contributed by atoms with E-state index in [9.17, 15) is 9.36 Å². The molecular weight excluding hydrogens is 317 g/mol. The lowest BCUT2D eigenvalue weighted by Crippen LogP contribution is -2.38. The van der Waals surface area contributed by atoms with Crippen LogP contribution in [0.3, 0.4) is 0 Å². The fourth-order valence-electron chi connectivity index (χ4n) is 2.53. The minimum Gasteiger partial charge on any atom is -0.355 e. The number of carbonyl (C=O) groups is 1. The fraction of sp³-hybridized carbons (Fsp3) is 0.933. The molecule has 23 heavy (non-hydrogen) atoms. The van der Waals surface area contributed by atoms with Crippen LogP contribution in [0.15, 0.2) is 0 Å². The molecule has 0 aromatic rings. The molecule has 136 valence electrons. The number of hydrogen-bond donors (Lipinski definition) is 2. The molecule has 0 aliphatic carbocycles. The molecule has 1 aliphatic heterocycles. The van der Waals surface area contributed by atoms with E-state index in [-0.39, 0.29) is 12.5 Å². The molecule has 7 nitrogen and oxygen atoms in total. The summed E-state index contributed by atoms with van der Waals surface area (Å²) in [7, 11) is -3.24. The number of rotatable bonds is 5. The maximum absolute atomic E-state index is 12.9. The highest BCUT2D eigenvalue weighted by molar-refractivity contribution is 7.51. The first-order valence-corrected chi connectivity index (χ1v) is 10.2. The Morgan fingerprint density at radius 2 is 1.65 bits per heavy atom. The third-order valence-electron chi connectivity index (χ3n) is 3.68. The van der Waals surface area contributed by atoms with Crippen molar-refractivity contribution < 1.29 is 18.4 Å². The molecule has 0 spiro atoms. The average Bonchev–Trinajstić information content (AvgIpc) is 2.51. The summed E-state index contributed by atoms with van der Waals surface area (Å²) >= 11 is 0. The second-order valence-corrected chi connectivity index (χ2v) is 7.57. The third kappa shape index (κ3) is 8.27. The minimum atomic E-state index is -3.24. The van der Waals surface area contributed by atoms with Crippen molar-refractivity contribution in [2.75, 3.05) is 45.9 Å². The van der Waals surface area contributed by atoms with E-state index in [0.29, 0.717) is 32.8 Å². The molecule has 0 saturated carbocycles. The Hall–Kier alpha value is -0.460.